The molecule has 0 radical (unpaired) electrons. The molecule has 1 saturated heterocycles. The van der Waals surface area contributed by atoms with Crippen molar-refractivity contribution in [2.24, 2.45) is 5.92 Å². The average Bonchev–Trinajstić information content (AvgIpc) is 3.18. The van der Waals surface area contributed by atoms with Crippen LogP contribution < -0.4 is 5.32 Å². The summed E-state index contributed by atoms with van der Waals surface area (Å²) >= 11 is 6.90. The number of nitro groups is 1. The van der Waals surface area contributed by atoms with Gasteiger partial charge in [0.05, 0.1) is 10.8 Å². The summed E-state index contributed by atoms with van der Waals surface area (Å²) in [6.45, 7) is 0.429. The van der Waals surface area contributed by atoms with Crippen LogP contribution in [0.25, 0.3) is 0 Å². The standard InChI is InChI=1S/C16H16ClN3O5S2/c17-13-6-5-12(9-14(13)20(22)23)18-16(21)11-3-1-7-19(10-11)27(24,25)15-4-2-8-26-15/h2,4-6,8-9,11H,1,3,7,10H2,(H,18,21). The summed E-state index contributed by atoms with van der Waals surface area (Å²) in [7, 11) is -3.62. The maximum absolute atomic E-state index is 12.6. The lowest BCUT2D eigenvalue weighted by Crippen LogP contribution is -2.43. The molecule has 0 spiro atoms. The van der Waals surface area contributed by atoms with Crippen molar-refractivity contribution in [3.8, 4) is 0 Å². The van der Waals surface area contributed by atoms with Gasteiger partial charge in [-0.3, -0.25) is 14.9 Å². The first kappa shape index (κ1) is 19.7. The minimum absolute atomic E-state index is 0.0242. The van der Waals surface area contributed by atoms with Gasteiger partial charge in [-0.1, -0.05) is 17.7 Å². The molecule has 144 valence electrons. The fourth-order valence-electron chi connectivity index (χ4n) is 2.89. The molecule has 27 heavy (non-hydrogen) atoms. The minimum Gasteiger partial charge on any atom is -0.326 e. The fraction of sp³-hybridized carbons (Fsp3) is 0.312. The van der Waals surface area contributed by atoms with Gasteiger partial charge >= 0.3 is 0 Å². The maximum Gasteiger partial charge on any atom is 0.289 e. The van der Waals surface area contributed by atoms with Crippen molar-refractivity contribution in [2.75, 3.05) is 18.4 Å². The van der Waals surface area contributed by atoms with Gasteiger partial charge in [0, 0.05) is 24.8 Å². The number of thiophene rings is 1. The van der Waals surface area contributed by atoms with Crippen LogP contribution in [0.5, 0.6) is 0 Å². The van der Waals surface area contributed by atoms with Crippen molar-refractivity contribution in [3.05, 3.63) is 50.8 Å². The third-order valence-electron chi connectivity index (χ3n) is 4.25. The van der Waals surface area contributed by atoms with E-state index >= 15 is 0 Å². The Hall–Kier alpha value is -2.01. The SMILES string of the molecule is O=C(Nc1ccc(Cl)c([N+](=O)[O-])c1)C1CCCN(S(=O)(=O)c2cccs2)C1. The molecule has 0 saturated carbocycles. The lowest BCUT2D eigenvalue weighted by molar-refractivity contribution is -0.384. The highest BCUT2D eigenvalue weighted by Gasteiger charge is 2.34. The van der Waals surface area contributed by atoms with Crippen molar-refractivity contribution < 1.29 is 18.1 Å². The van der Waals surface area contributed by atoms with Gasteiger partial charge in [-0.05, 0) is 36.4 Å². The summed E-state index contributed by atoms with van der Waals surface area (Å²) in [5.41, 5.74) is -0.0608. The van der Waals surface area contributed by atoms with E-state index in [-0.39, 0.29) is 33.1 Å². The first-order valence-electron chi connectivity index (χ1n) is 8.07. The predicted octanol–water partition coefficient (Wildman–Crippen LogP) is 3.35. The molecular weight excluding hydrogens is 414 g/mol. The third-order valence-corrected chi connectivity index (χ3v) is 7.81. The van der Waals surface area contributed by atoms with E-state index in [1.165, 1.54) is 28.6 Å². The Kier molecular flexibility index (Phi) is 5.80. The number of piperidine rings is 1. The molecule has 1 aromatic carbocycles. The van der Waals surface area contributed by atoms with Crippen LogP contribution >= 0.6 is 22.9 Å². The number of anilines is 1. The molecule has 8 nitrogen and oxygen atoms in total. The number of nitrogens with zero attached hydrogens (tertiary/aromatic N) is 2. The molecule has 1 amide bonds. The van der Waals surface area contributed by atoms with Gasteiger partial charge in [-0.15, -0.1) is 11.3 Å². The Balaban J connectivity index is 1.72. The molecule has 0 bridgehead atoms. The summed E-state index contributed by atoms with van der Waals surface area (Å²) in [4.78, 5) is 22.9. The predicted molar refractivity (Wildman–Crippen MR) is 103 cm³/mol. The number of rotatable bonds is 5. The number of halogens is 1. The molecule has 11 heteroatoms. The molecule has 3 rings (SSSR count). The molecule has 0 aliphatic carbocycles. The summed E-state index contributed by atoms with van der Waals surface area (Å²) in [5, 5.41) is 15.2. The largest absolute Gasteiger partial charge is 0.326 e. The van der Waals surface area contributed by atoms with Crippen LogP contribution in [0.2, 0.25) is 5.02 Å². The number of carbonyl (C=O) groups excluding carboxylic acids is 1. The molecule has 1 N–H and O–H groups in total. The van der Waals surface area contributed by atoms with Crippen LogP contribution in [0.15, 0.2) is 39.9 Å². The lowest BCUT2D eigenvalue weighted by atomic mass is 9.98. The van der Waals surface area contributed by atoms with Crippen LogP contribution in [-0.4, -0.2) is 36.6 Å². The Morgan fingerprint density at radius 3 is 2.81 bits per heavy atom. The van der Waals surface area contributed by atoms with Crippen molar-refractivity contribution in [3.63, 3.8) is 0 Å². The number of benzene rings is 1. The van der Waals surface area contributed by atoms with E-state index in [9.17, 15) is 23.3 Å². The van der Waals surface area contributed by atoms with Gasteiger partial charge in [0.1, 0.15) is 9.23 Å². The van der Waals surface area contributed by atoms with Gasteiger partial charge in [0.15, 0.2) is 0 Å². The van der Waals surface area contributed by atoms with E-state index in [2.05, 4.69) is 5.32 Å². The lowest BCUT2D eigenvalue weighted by Gasteiger charge is -2.30. The van der Waals surface area contributed by atoms with Crippen LogP contribution in [0.1, 0.15) is 12.8 Å². The zero-order chi connectivity index (χ0) is 19.6. The van der Waals surface area contributed by atoms with Crippen LogP contribution in [-0.2, 0) is 14.8 Å². The number of nitrogens with one attached hydrogen (secondary N) is 1. The number of nitro benzene ring substituents is 1. The normalized spacial score (nSPS) is 18.2. The number of carbonyl (C=O) groups is 1. The highest BCUT2D eigenvalue weighted by molar-refractivity contribution is 7.91. The van der Waals surface area contributed by atoms with Gasteiger partial charge in [-0.2, -0.15) is 4.31 Å². The van der Waals surface area contributed by atoms with E-state index in [1.807, 2.05) is 0 Å². The van der Waals surface area contributed by atoms with Gasteiger partial charge in [0.2, 0.25) is 5.91 Å². The summed E-state index contributed by atoms with van der Waals surface area (Å²) in [6, 6.07) is 7.19. The molecule has 2 heterocycles. The highest BCUT2D eigenvalue weighted by atomic mass is 35.5. The summed E-state index contributed by atoms with van der Waals surface area (Å²) < 4.78 is 26.9. The highest BCUT2D eigenvalue weighted by Crippen LogP contribution is 2.29. The molecule has 1 aromatic heterocycles. The molecule has 1 atom stereocenters. The number of hydrogen-bond donors (Lipinski definition) is 1. The van der Waals surface area contributed by atoms with E-state index in [0.717, 1.165) is 11.3 Å². The quantitative estimate of drug-likeness (QED) is 0.578. The van der Waals surface area contributed by atoms with E-state index in [1.54, 1.807) is 11.4 Å². The van der Waals surface area contributed by atoms with Crippen molar-refractivity contribution in [1.29, 1.82) is 0 Å². The monoisotopic (exact) mass is 429 g/mol. The topological polar surface area (TPSA) is 110 Å². The Morgan fingerprint density at radius 2 is 2.15 bits per heavy atom. The molecule has 1 unspecified atom stereocenters. The summed E-state index contributed by atoms with van der Waals surface area (Å²) in [6.07, 6.45) is 1.10. The minimum atomic E-state index is -3.62. The molecule has 1 aliphatic rings. The van der Waals surface area contributed by atoms with E-state index in [4.69, 9.17) is 11.6 Å². The Bertz CT molecular complexity index is 962. The fourth-order valence-corrected chi connectivity index (χ4v) is 5.74. The molecular formula is C16H16ClN3O5S2. The van der Waals surface area contributed by atoms with Gasteiger partial charge in [0.25, 0.3) is 15.7 Å². The second-order valence-electron chi connectivity index (χ2n) is 6.05. The first-order chi connectivity index (χ1) is 12.8. The molecule has 1 fully saturated rings. The zero-order valence-electron chi connectivity index (χ0n) is 14.0. The van der Waals surface area contributed by atoms with Gasteiger partial charge in [-0.25, -0.2) is 8.42 Å². The van der Waals surface area contributed by atoms with Crippen LogP contribution in [0.3, 0.4) is 0 Å². The number of hydrogen-bond acceptors (Lipinski definition) is 6. The second kappa shape index (κ2) is 7.93. The number of amides is 1. The molecule has 2 aromatic rings. The molecule has 1 aliphatic heterocycles. The average molecular weight is 430 g/mol. The third kappa shape index (κ3) is 4.29. The van der Waals surface area contributed by atoms with Crippen molar-refractivity contribution >= 4 is 50.2 Å². The van der Waals surface area contributed by atoms with Crippen LogP contribution in [0.4, 0.5) is 11.4 Å². The first-order valence-corrected chi connectivity index (χ1v) is 10.8. The zero-order valence-corrected chi connectivity index (χ0v) is 16.4. The maximum atomic E-state index is 12.6. The van der Waals surface area contributed by atoms with Crippen molar-refractivity contribution in [2.45, 2.75) is 17.1 Å². The van der Waals surface area contributed by atoms with Crippen molar-refractivity contribution in [1.82, 2.24) is 4.31 Å². The van der Waals surface area contributed by atoms with E-state index < -0.39 is 20.9 Å². The van der Waals surface area contributed by atoms with Crippen LogP contribution in [0, 0.1) is 16.0 Å². The summed E-state index contributed by atoms with van der Waals surface area (Å²) in [5.74, 6) is -0.916. The Labute approximate surface area is 165 Å². The number of sulfonamides is 1. The van der Waals surface area contributed by atoms with E-state index in [0.29, 0.717) is 19.4 Å². The second-order valence-corrected chi connectivity index (χ2v) is 9.57. The smallest absolute Gasteiger partial charge is 0.289 e. The van der Waals surface area contributed by atoms with Gasteiger partial charge < -0.3 is 5.32 Å². The Morgan fingerprint density at radius 1 is 1.37 bits per heavy atom.